The lowest BCUT2D eigenvalue weighted by Crippen LogP contribution is -2.34. The Morgan fingerprint density at radius 2 is 2.21 bits per heavy atom. The van der Waals surface area contributed by atoms with Gasteiger partial charge in [-0.15, -0.1) is 11.3 Å². The number of nitrogens with one attached hydrogen (secondary N) is 1. The normalized spacial score (nSPS) is 21.0. The lowest BCUT2D eigenvalue weighted by molar-refractivity contribution is 0.389. The number of fused-ring (bicyclic) bond motifs is 1. The van der Waals surface area contributed by atoms with Crippen LogP contribution in [0.1, 0.15) is 17.3 Å². The van der Waals surface area contributed by atoms with Crippen LogP contribution in [0.3, 0.4) is 0 Å². The van der Waals surface area contributed by atoms with Gasteiger partial charge < -0.3 is 11.1 Å². The first-order valence-electron chi connectivity index (χ1n) is 4.85. The van der Waals surface area contributed by atoms with Crippen molar-refractivity contribution < 1.29 is 0 Å². The average Bonchev–Trinajstić information content (AvgIpc) is 2.43. The van der Waals surface area contributed by atoms with Crippen molar-refractivity contribution in [2.24, 2.45) is 0 Å². The second-order valence-corrected chi connectivity index (χ2v) is 4.86. The molecule has 1 aromatic carbocycles. The van der Waals surface area contributed by atoms with Crippen LogP contribution in [-0.2, 0) is 0 Å². The van der Waals surface area contributed by atoms with E-state index in [1.165, 1.54) is 21.4 Å². The van der Waals surface area contributed by atoms with Gasteiger partial charge in [-0.25, -0.2) is 0 Å². The molecule has 0 radical (unpaired) electrons. The van der Waals surface area contributed by atoms with E-state index in [2.05, 4.69) is 17.4 Å². The van der Waals surface area contributed by atoms with Gasteiger partial charge in [-0.05, 0) is 42.6 Å². The molecule has 2 heterocycles. The molecule has 0 aliphatic carbocycles. The van der Waals surface area contributed by atoms with Crippen LogP contribution in [-0.4, -0.2) is 6.54 Å². The third kappa shape index (κ3) is 1.21. The van der Waals surface area contributed by atoms with Crippen molar-refractivity contribution in [3.05, 3.63) is 29.1 Å². The Balaban J connectivity index is 2.10. The summed E-state index contributed by atoms with van der Waals surface area (Å²) in [7, 11) is 0. The van der Waals surface area contributed by atoms with Crippen molar-refractivity contribution in [1.29, 1.82) is 0 Å². The fraction of sp³-hybridized carbons (Fsp3) is 0.273. The van der Waals surface area contributed by atoms with E-state index in [0.717, 1.165) is 12.2 Å². The van der Waals surface area contributed by atoms with Crippen molar-refractivity contribution >= 4 is 27.1 Å². The zero-order chi connectivity index (χ0) is 9.54. The Labute approximate surface area is 86.7 Å². The Kier molecular flexibility index (Phi) is 1.75. The van der Waals surface area contributed by atoms with Gasteiger partial charge in [-0.3, -0.25) is 0 Å². The van der Waals surface area contributed by atoms with Gasteiger partial charge in [0.1, 0.15) is 0 Å². The summed E-state index contributed by atoms with van der Waals surface area (Å²) in [5, 5.41) is 4.69. The average molecular weight is 204 g/mol. The van der Waals surface area contributed by atoms with Crippen molar-refractivity contribution in [1.82, 2.24) is 5.32 Å². The third-order valence-corrected chi connectivity index (χ3v) is 3.96. The largest absolute Gasteiger partial charge is 0.399 e. The number of nitrogen functional groups attached to an aromatic ring is 1. The minimum atomic E-state index is 0.591. The van der Waals surface area contributed by atoms with Crippen LogP contribution in [0.2, 0.25) is 0 Å². The number of hydrogen-bond acceptors (Lipinski definition) is 3. The number of rotatable bonds is 1. The second kappa shape index (κ2) is 2.97. The lowest BCUT2D eigenvalue weighted by Gasteiger charge is -2.26. The molecule has 2 aromatic rings. The second-order valence-electron chi connectivity index (χ2n) is 3.74. The van der Waals surface area contributed by atoms with Gasteiger partial charge in [-0.2, -0.15) is 0 Å². The van der Waals surface area contributed by atoms with E-state index < -0.39 is 0 Å². The van der Waals surface area contributed by atoms with E-state index in [1.54, 1.807) is 0 Å². The molecule has 1 saturated heterocycles. The Morgan fingerprint density at radius 3 is 2.93 bits per heavy atom. The summed E-state index contributed by atoms with van der Waals surface area (Å²) in [6.45, 7) is 1.15. The highest BCUT2D eigenvalue weighted by molar-refractivity contribution is 7.19. The first-order chi connectivity index (χ1) is 6.83. The summed E-state index contributed by atoms with van der Waals surface area (Å²) in [5.74, 6) is 0. The van der Waals surface area contributed by atoms with E-state index in [-0.39, 0.29) is 0 Å². The molecule has 1 atom stereocenters. The van der Waals surface area contributed by atoms with E-state index in [0.29, 0.717) is 6.04 Å². The van der Waals surface area contributed by atoms with Gasteiger partial charge in [0.2, 0.25) is 0 Å². The van der Waals surface area contributed by atoms with Crippen molar-refractivity contribution in [3.8, 4) is 0 Å². The molecule has 72 valence electrons. The molecule has 1 aromatic heterocycles. The smallest absolute Gasteiger partial charge is 0.0427 e. The quantitative estimate of drug-likeness (QED) is 0.700. The highest BCUT2D eigenvalue weighted by Crippen LogP contribution is 2.34. The van der Waals surface area contributed by atoms with Crippen LogP contribution in [0.5, 0.6) is 0 Å². The molecule has 0 spiro atoms. The lowest BCUT2D eigenvalue weighted by atomic mass is 10.1. The predicted octanol–water partition coefficient (Wildman–Crippen LogP) is 2.52. The van der Waals surface area contributed by atoms with Gasteiger partial charge >= 0.3 is 0 Å². The van der Waals surface area contributed by atoms with Crippen LogP contribution in [0.4, 0.5) is 5.69 Å². The minimum Gasteiger partial charge on any atom is -0.399 e. The molecule has 3 rings (SSSR count). The van der Waals surface area contributed by atoms with Gasteiger partial charge in [0.15, 0.2) is 0 Å². The van der Waals surface area contributed by atoms with Crippen molar-refractivity contribution in [2.75, 3.05) is 12.3 Å². The fourth-order valence-electron chi connectivity index (χ4n) is 1.79. The molecular formula is C11H12N2S. The zero-order valence-electron chi connectivity index (χ0n) is 7.79. The number of anilines is 1. The van der Waals surface area contributed by atoms with Crippen LogP contribution in [0.15, 0.2) is 24.3 Å². The summed E-state index contributed by atoms with van der Waals surface area (Å²) in [6.07, 6.45) is 1.27. The molecule has 1 aliphatic rings. The molecule has 14 heavy (non-hydrogen) atoms. The molecule has 1 aliphatic heterocycles. The van der Waals surface area contributed by atoms with E-state index in [4.69, 9.17) is 5.73 Å². The number of hydrogen-bond donors (Lipinski definition) is 2. The summed E-state index contributed by atoms with van der Waals surface area (Å²) < 4.78 is 1.34. The summed E-state index contributed by atoms with van der Waals surface area (Å²) in [6, 6.07) is 8.98. The first kappa shape index (κ1) is 8.26. The maximum atomic E-state index is 5.74. The molecule has 2 nitrogen and oxygen atoms in total. The molecule has 0 amide bonds. The van der Waals surface area contributed by atoms with Gasteiger partial charge in [-0.1, -0.05) is 0 Å². The van der Waals surface area contributed by atoms with Gasteiger partial charge in [0.05, 0.1) is 0 Å². The molecular weight excluding hydrogens is 192 g/mol. The molecule has 1 fully saturated rings. The Hall–Kier alpha value is -1.06. The Morgan fingerprint density at radius 1 is 1.36 bits per heavy atom. The van der Waals surface area contributed by atoms with E-state index in [9.17, 15) is 0 Å². The monoisotopic (exact) mass is 204 g/mol. The van der Waals surface area contributed by atoms with Crippen molar-refractivity contribution in [3.63, 3.8) is 0 Å². The third-order valence-electron chi connectivity index (χ3n) is 2.73. The number of nitrogens with two attached hydrogens (primary N) is 1. The summed E-state index contributed by atoms with van der Waals surface area (Å²) in [5.41, 5.74) is 6.60. The Bertz CT molecular complexity index is 471. The number of thiophene rings is 1. The van der Waals surface area contributed by atoms with Crippen molar-refractivity contribution in [2.45, 2.75) is 12.5 Å². The minimum absolute atomic E-state index is 0.591. The number of benzene rings is 1. The maximum Gasteiger partial charge on any atom is 0.0427 e. The van der Waals surface area contributed by atoms with E-state index >= 15 is 0 Å². The van der Waals surface area contributed by atoms with E-state index in [1.807, 2.05) is 23.5 Å². The standard InChI is InChI=1S/C11H12N2S/c12-8-1-2-10-7(5-8)6-11(14-10)9-3-4-13-9/h1-2,5-6,9,13H,3-4,12H2/t9-/m1/s1. The molecule has 0 saturated carbocycles. The molecule has 3 heteroatoms. The summed E-state index contributed by atoms with van der Waals surface area (Å²) in [4.78, 5) is 1.44. The zero-order valence-corrected chi connectivity index (χ0v) is 8.60. The molecule has 3 N–H and O–H groups in total. The fourth-order valence-corrected chi connectivity index (χ4v) is 2.94. The van der Waals surface area contributed by atoms with Crippen LogP contribution >= 0.6 is 11.3 Å². The van der Waals surface area contributed by atoms with Crippen LogP contribution in [0, 0.1) is 0 Å². The summed E-state index contributed by atoms with van der Waals surface area (Å²) >= 11 is 1.87. The maximum absolute atomic E-state index is 5.74. The van der Waals surface area contributed by atoms with Gasteiger partial charge in [0.25, 0.3) is 0 Å². The first-order valence-corrected chi connectivity index (χ1v) is 5.67. The van der Waals surface area contributed by atoms with Gasteiger partial charge in [0, 0.05) is 21.3 Å². The predicted molar refractivity (Wildman–Crippen MR) is 61.6 cm³/mol. The van der Waals surface area contributed by atoms with Crippen LogP contribution < -0.4 is 11.1 Å². The molecule has 0 unspecified atom stereocenters. The van der Waals surface area contributed by atoms with Crippen LogP contribution in [0.25, 0.3) is 10.1 Å². The highest BCUT2D eigenvalue weighted by Gasteiger charge is 2.20. The topological polar surface area (TPSA) is 38.0 Å². The molecule has 0 bridgehead atoms. The highest BCUT2D eigenvalue weighted by atomic mass is 32.1. The SMILES string of the molecule is Nc1ccc2sc([C@H]3CCN3)cc2c1.